The molecule has 1 aliphatic carbocycles. The number of carboxylic acids is 1. The van der Waals surface area contributed by atoms with Gasteiger partial charge < -0.3 is 10.4 Å². The molecular weight excluding hydrogens is 282 g/mol. The minimum atomic E-state index is -0.850. The van der Waals surface area contributed by atoms with Crippen LogP contribution in [0.2, 0.25) is 0 Å². The normalized spacial score (nSPS) is 15.8. The van der Waals surface area contributed by atoms with E-state index in [2.05, 4.69) is 20.8 Å². The number of rotatable bonds is 8. The van der Waals surface area contributed by atoms with Gasteiger partial charge in [0.05, 0.1) is 17.7 Å². The average Bonchev–Trinajstić information content (AvgIpc) is 3.15. The van der Waals surface area contributed by atoms with Crippen molar-refractivity contribution in [2.45, 2.75) is 37.4 Å². The molecule has 0 saturated heterocycles. The van der Waals surface area contributed by atoms with Crippen LogP contribution >= 0.6 is 11.8 Å². The van der Waals surface area contributed by atoms with Crippen molar-refractivity contribution in [2.24, 2.45) is 5.92 Å². The lowest BCUT2D eigenvalue weighted by Crippen LogP contribution is -2.28. The summed E-state index contributed by atoms with van der Waals surface area (Å²) in [5, 5.41) is 23.5. The third-order valence-corrected chi connectivity index (χ3v) is 3.94. The van der Waals surface area contributed by atoms with Crippen LogP contribution in [0.3, 0.4) is 0 Å². The van der Waals surface area contributed by atoms with Gasteiger partial charge >= 0.3 is 5.97 Å². The minimum absolute atomic E-state index is 0.141. The fourth-order valence-electron chi connectivity index (χ4n) is 1.56. The fraction of sp³-hybridized carbons (Fsp3) is 0.727. The number of hydrogen-bond acceptors (Lipinski definition) is 6. The van der Waals surface area contributed by atoms with Gasteiger partial charge in [0.1, 0.15) is 0 Å². The summed E-state index contributed by atoms with van der Waals surface area (Å²) < 4.78 is 1.75. The molecule has 1 heterocycles. The molecule has 1 aromatic heterocycles. The minimum Gasteiger partial charge on any atom is -0.481 e. The first-order valence-corrected chi connectivity index (χ1v) is 7.46. The van der Waals surface area contributed by atoms with Crippen molar-refractivity contribution in [3.05, 3.63) is 0 Å². The smallest absolute Gasteiger partial charge is 0.306 e. The Labute approximate surface area is 120 Å². The first-order chi connectivity index (χ1) is 9.58. The molecule has 0 radical (unpaired) electrons. The van der Waals surface area contributed by atoms with E-state index in [0.717, 1.165) is 12.8 Å². The molecule has 20 heavy (non-hydrogen) atoms. The number of tetrazole rings is 1. The van der Waals surface area contributed by atoms with E-state index in [1.165, 1.54) is 11.8 Å². The zero-order valence-electron chi connectivity index (χ0n) is 11.2. The summed E-state index contributed by atoms with van der Waals surface area (Å²) >= 11 is 1.29. The van der Waals surface area contributed by atoms with Crippen LogP contribution in [0.15, 0.2) is 5.16 Å². The lowest BCUT2D eigenvalue weighted by atomic mass is 10.1. The van der Waals surface area contributed by atoms with Gasteiger partial charge in [0.2, 0.25) is 11.1 Å². The molecule has 0 aromatic carbocycles. The number of carbonyl (C=O) groups excluding carboxylic acids is 1. The number of thioether (sulfide) groups is 1. The van der Waals surface area contributed by atoms with Crippen LogP contribution in [-0.4, -0.2) is 49.5 Å². The number of aliphatic carboxylic acids is 1. The van der Waals surface area contributed by atoms with Crippen LogP contribution in [0.25, 0.3) is 0 Å². The van der Waals surface area contributed by atoms with Crippen molar-refractivity contribution in [3.63, 3.8) is 0 Å². The molecule has 0 bridgehead atoms. The van der Waals surface area contributed by atoms with Crippen molar-refractivity contribution in [3.8, 4) is 0 Å². The van der Waals surface area contributed by atoms with Crippen molar-refractivity contribution in [1.29, 1.82) is 0 Å². The highest BCUT2D eigenvalue weighted by Crippen LogP contribution is 2.36. The molecule has 1 saturated carbocycles. The third-order valence-electron chi connectivity index (χ3n) is 3.01. The summed E-state index contributed by atoms with van der Waals surface area (Å²) in [5.74, 6) is -1.21. The Bertz CT molecular complexity index is 488. The molecule has 1 fully saturated rings. The van der Waals surface area contributed by atoms with E-state index in [1.54, 1.807) is 11.6 Å². The third kappa shape index (κ3) is 4.19. The van der Waals surface area contributed by atoms with E-state index < -0.39 is 11.9 Å². The largest absolute Gasteiger partial charge is 0.481 e. The number of nitrogens with zero attached hydrogens (tertiary/aromatic N) is 4. The summed E-state index contributed by atoms with van der Waals surface area (Å²) in [5.41, 5.74) is 0. The molecule has 2 N–H and O–H groups in total. The Hall–Kier alpha value is -1.64. The van der Waals surface area contributed by atoms with Gasteiger partial charge in [0.15, 0.2) is 0 Å². The fourth-order valence-corrected chi connectivity index (χ4v) is 2.34. The van der Waals surface area contributed by atoms with Crippen LogP contribution in [-0.2, 0) is 9.59 Å². The Morgan fingerprint density at radius 1 is 1.55 bits per heavy atom. The molecule has 8 nitrogen and oxygen atoms in total. The summed E-state index contributed by atoms with van der Waals surface area (Å²) in [7, 11) is 0. The second-order valence-corrected chi connectivity index (χ2v) is 5.75. The van der Waals surface area contributed by atoms with Gasteiger partial charge in [-0.25, -0.2) is 4.68 Å². The molecule has 1 atom stereocenters. The van der Waals surface area contributed by atoms with E-state index in [4.69, 9.17) is 5.11 Å². The lowest BCUT2D eigenvalue weighted by Gasteiger charge is -2.07. The maximum Gasteiger partial charge on any atom is 0.306 e. The molecule has 0 spiro atoms. The summed E-state index contributed by atoms with van der Waals surface area (Å²) in [4.78, 5) is 22.3. The lowest BCUT2D eigenvalue weighted by molar-refractivity contribution is -0.141. The predicted molar refractivity (Wildman–Crippen MR) is 71.2 cm³/mol. The van der Waals surface area contributed by atoms with E-state index in [0.29, 0.717) is 24.2 Å². The van der Waals surface area contributed by atoms with Crippen molar-refractivity contribution >= 4 is 23.6 Å². The summed E-state index contributed by atoms with van der Waals surface area (Å²) in [6.07, 6.45) is 2.58. The first kappa shape index (κ1) is 14.8. The van der Waals surface area contributed by atoms with Gasteiger partial charge in [0, 0.05) is 6.54 Å². The summed E-state index contributed by atoms with van der Waals surface area (Å²) in [6.45, 7) is 1.98. The van der Waals surface area contributed by atoms with E-state index >= 15 is 0 Å². The van der Waals surface area contributed by atoms with Crippen LogP contribution in [0.1, 0.15) is 32.2 Å². The SMILES string of the molecule is CC(CCNC(=O)CSc1nnnn1C1CC1)C(=O)O. The van der Waals surface area contributed by atoms with E-state index in [1.807, 2.05) is 0 Å². The zero-order chi connectivity index (χ0) is 14.5. The maximum atomic E-state index is 11.6. The molecule has 1 amide bonds. The van der Waals surface area contributed by atoms with Crippen molar-refractivity contribution in [2.75, 3.05) is 12.3 Å². The predicted octanol–water partition coefficient (Wildman–Crippen LogP) is 0.327. The number of amides is 1. The average molecular weight is 299 g/mol. The zero-order valence-corrected chi connectivity index (χ0v) is 12.0. The van der Waals surface area contributed by atoms with Crippen LogP contribution in [0, 0.1) is 5.92 Å². The first-order valence-electron chi connectivity index (χ1n) is 6.48. The highest BCUT2D eigenvalue weighted by atomic mass is 32.2. The molecule has 1 unspecified atom stereocenters. The molecule has 9 heteroatoms. The monoisotopic (exact) mass is 299 g/mol. The highest BCUT2D eigenvalue weighted by Gasteiger charge is 2.28. The van der Waals surface area contributed by atoms with Gasteiger partial charge in [0.25, 0.3) is 0 Å². The van der Waals surface area contributed by atoms with Crippen molar-refractivity contribution in [1.82, 2.24) is 25.5 Å². The Kier molecular flexibility index (Phi) is 4.94. The number of hydrogen-bond donors (Lipinski definition) is 2. The van der Waals surface area contributed by atoms with E-state index in [-0.39, 0.29) is 11.7 Å². The van der Waals surface area contributed by atoms with Crippen molar-refractivity contribution < 1.29 is 14.7 Å². The number of aromatic nitrogens is 4. The molecule has 1 aromatic rings. The van der Waals surface area contributed by atoms with Gasteiger partial charge in [-0.05, 0) is 29.7 Å². The van der Waals surface area contributed by atoms with Crippen LogP contribution in [0.5, 0.6) is 0 Å². The number of carboxylic acid groups (broad SMARTS) is 1. The topological polar surface area (TPSA) is 110 Å². The van der Waals surface area contributed by atoms with Crippen LogP contribution in [0.4, 0.5) is 0 Å². The Morgan fingerprint density at radius 2 is 2.30 bits per heavy atom. The Morgan fingerprint density at radius 3 is 2.95 bits per heavy atom. The second kappa shape index (κ2) is 6.69. The standard InChI is InChI=1S/C11H17N5O3S/c1-7(10(18)19)4-5-12-9(17)6-20-11-13-14-15-16(11)8-2-3-8/h7-8H,2-6H2,1H3,(H,12,17)(H,18,19). The molecule has 0 aliphatic heterocycles. The number of carbonyl (C=O) groups is 2. The molecule has 1 aliphatic rings. The van der Waals surface area contributed by atoms with Gasteiger partial charge in [-0.2, -0.15) is 0 Å². The van der Waals surface area contributed by atoms with Gasteiger partial charge in [-0.15, -0.1) is 5.10 Å². The highest BCUT2D eigenvalue weighted by molar-refractivity contribution is 7.99. The summed E-state index contributed by atoms with van der Waals surface area (Å²) in [6, 6.07) is 0.381. The molecule has 110 valence electrons. The molecule has 2 rings (SSSR count). The quantitative estimate of drug-likeness (QED) is 0.665. The van der Waals surface area contributed by atoms with E-state index in [9.17, 15) is 9.59 Å². The van der Waals surface area contributed by atoms with Gasteiger partial charge in [-0.1, -0.05) is 18.7 Å². The maximum absolute atomic E-state index is 11.6. The Balaban J connectivity index is 1.67. The molecular formula is C11H17N5O3S. The second-order valence-electron chi connectivity index (χ2n) is 4.80. The van der Waals surface area contributed by atoms with Crippen LogP contribution < -0.4 is 5.32 Å². The van der Waals surface area contributed by atoms with Gasteiger partial charge in [-0.3, -0.25) is 9.59 Å². The number of nitrogens with one attached hydrogen (secondary N) is 1.